The highest BCUT2D eigenvalue weighted by atomic mass is 35.5. The van der Waals surface area contributed by atoms with E-state index in [-0.39, 0.29) is 5.28 Å². The summed E-state index contributed by atoms with van der Waals surface area (Å²) in [7, 11) is 0. The van der Waals surface area contributed by atoms with Crippen LogP contribution in [0.25, 0.3) is 11.3 Å². The quantitative estimate of drug-likeness (QED) is 0.780. The van der Waals surface area contributed by atoms with Crippen molar-refractivity contribution in [3.05, 3.63) is 41.3 Å². The van der Waals surface area contributed by atoms with Gasteiger partial charge in [0.25, 0.3) is 0 Å². The Kier molecular flexibility index (Phi) is 3.59. The van der Waals surface area contributed by atoms with Gasteiger partial charge in [-0.2, -0.15) is 0 Å². The maximum atomic E-state index is 5.78. The van der Waals surface area contributed by atoms with E-state index in [9.17, 15) is 0 Å². The number of halogens is 1. The largest absolute Gasteiger partial charge is 0.494 e. The maximum absolute atomic E-state index is 5.78. The second kappa shape index (κ2) is 5.15. The van der Waals surface area contributed by atoms with Crippen LogP contribution in [0.1, 0.15) is 12.5 Å². The Bertz CT molecular complexity index is 529. The van der Waals surface area contributed by atoms with Crippen molar-refractivity contribution in [2.75, 3.05) is 6.61 Å². The summed E-state index contributed by atoms with van der Waals surface area (Å²) < 4.78 is 5.44. The fourth-order valence-electron chi connectivity index (χ4n) is 1.66. The van der Waals surface area contributed by atoms with Gasteiger partial charge in [0.15, 0.2) is 0 Å². The Labute approximate surface area is 105 Å². The third-order valence-corrected chi connectivity index (χ3v) is 2.59. The highest BCUT2D eigenvalue weighted by Gasteiger charge is 2.05. The van der Waals surface area contributed by atoms with E-state index in [1.165, 1.54) is 0 Å². The lowest BCUT2D eigenvalue weighted by Gasteiger charge is -2.08. The number of hydrogen-bond acceptors (Lipinski definition) is 3. The summed E-state index contributed by atoms with van der Waals surface area (Å²) >= 11 is 5.78. The molecule has 0 aliphatic carbocycles. The molecule has 0 saturated carbocycles. The maximum Gasteiger partial charge on any atom is 0.222 e. The van der Waals surface area contributed by atoms with Crippen LogP contribution in [0.15, 0.2) is 30.5 Å². The van der Waals surface area contributed by atoms with Crippen LogP contribution < -0.4 is 4.74 Å². The average Bonchev–Trinajstić information content (AvgIpc) is 2.29. The van der Waals surface area contributed by atoms with Gasteiger partial charge in [-0.1, -0.05) is 0 Å². The van der Waals surface area contributed by atoms with Gasteiger partial charge < -0.3 is 4.74 Å². The molecule has 4 heteroatoms. The molecule has 0 radical (unpaired) electrons. The van der Waals surface area contributed by atoms with Gasteiger partial charge >= 0.3 is 0 Å². The number of hydrogen-bond donors (Lipinski definition) is 0. The van der Waals surface area contributed by atoms with Crippen LogP contribution in [-0.4, -0.2) is 16.6 Å². The number of aromatic nitrogens is 2. The minimum absolute atomic E-state index is 0.260. The monoisotopic (exact) mass is 248 g/mol. The zero-order valence-electron chi connectivity index (χ0n) is 9.77. The van der Waals surface area contributed by atoms with Crippen LogP contribution in [0.4, 0.5) is 0 Å². The molecule has 0 saturated heterocycles. The Morgan fingerprint density at radius 3 is 2.76 bits per heavy atom. The Hall–Kier alpha value is -1.61. The summed E-state index contributed by atoms with van der Waals surface area (Å²) in [5.74, 6) is 0.869. The zero-order valence-corrected chi connectivity index (χ0v) is 10.5. The van der Waals surface area contributed by atoms with Crippen LogP contribution in [0.2, 0.25) is 5.28 Å². The molecule has 2 aromatic rings. The second-order valence-corrected chi connectivity index (χ2v) is 3.96. The Morgan fingerprint density at radius 1 is 1.29 bits per heavy atom. The minimum Gasteiger partial charge on any atom is -0.494 e. The van der Waals surface area contributed by atoms with Gasteiger partial charge in [0.2, 0.25) is 5.28 Å². The molecule has 0 unspecified atom stereocenters. The van der Waals surface area contributed by atoms with Crippen molar-refractivity contribution in [2.45, 2.75) is 13.8 Å². The second-order valence-electron chi connectivity index (χ2n) is 3.62. The lowest BCUT2D eigenvalue weighted by atomic mass is 10.1. The van der Waals surface area contributed by atoms with E-state index < -0.39 is 0 Å². The molecule has 1 aromatic carbocycles. The SMILES string of the molecule is CCOc1ccc(-c2ccnc(Cl)n2)c(C)c1. The van der Waals surface area contributed by atoms with Crippen LogP contribution in [0.3, 0.4) is 0 Å². The smallest absolute Gasteiger partial charge is 0.222 e. The van der Waals surface area contributed by atoms with Crippen molar-refractivity contribution in [1.29, 1.82) is 0 Å². The standard InChI is InChI=1S/C13H13ClN2O/c1-3-17-10-4-5-11(9(2)8-10)12-6-7-15-13(14)16-12/h4-8H,3H2,1-2H3. The van der Waals surface area contributed by atoms with Gasteiger partial charge in [-0.15, -0.1) is 0 Å². The fourth-order valence-corrected chi connectivity index (χ4v) is 1.81. The molecular formula is C13H13ClN2O. The van der Waals surface area contributed by atoms with Gasteiger partial charge in [-0.25, -0.2) is 9.97 Å². The molecule has 88 valence electrons. The van der Waals surface area contributed by atoms with E-state index in [2.05, 4.69) is 9.97 Å². The third kappa shape index (κ3) is 2.74. The van der Waals surface area contributed by atoms with Crippen LogP contribution in [0, 0.1) is 6.92 Å². The van der Waals surface area contributed by atoms with Crippen molar-refractivity contribution >= 4 is 11.6 Å². The Morgan fingerprint density at radius 2 is 2.12 bits per heavy atom. The molecule has 17 heavy (non-hydrogen) atoms. The molecule has 0 N–H and O–H groups in total. The van der Waals surface area contributed by atoms with Crippen molar-refractivity contribution < 1.29 is 4.74 Å². The molecule has 3 nitrogen and oxygen atoms in total. The highest BCUT2D eigenvalue weighted by molar-refractivity contribution is 6.28. The number of ether oxygens (including phenoxy) is 1. The summed E-state index contributed by atoms with van der Waals surface area (Å²) in [6, 6.07) is 7.75. The van der Waals surface area contributed by atoms with Gasteiger partial charge in [0.1, 0.15) is 5.75 Å². The van der Waals surface area contributed by atoms with Gasteiger partial charge in [-0.05, 0) is 55.3 Å². The summed E-state index contributed by atoms with van der Waals surface area (Å²) in [6.45, 7) is 4.65. The average molecular weight is 249 g/mol. The zero-order chi connectivity index (χ0) is 12.3. The van der Waals surface area contributed by atoms with Crippen molar-refractivity contribution in [3.63, 3.8) is 0 Å². The number of nitrogens with zero attached hydrogens (tertiary/aromatic N) is 2. The van der Waals surface area contributed by atoms with Gasteiger partial charge in [0, 0.05) is 11.8 Å². The summed E-state index contributed by atoms with van der Waals surface area (Å²) in [5.41, 5.74) is 2.97. The van der Waals surface area contributed by atoms with E-state index in [1.807, 2.05) is 38.1 Å². The first kappa shape index (κ1) is 11.9. The van der Waals surface area contributed by atoms with E-state index >= 15 is 0 Å². The molecular weight excluding hydrogens is 236 g/mol. The third-order valence-electron chi connectivity index (χ3n) is 2.41. The number of rotatable bonds is 3. The van der Waals surface area contributed by atoms with E-state index in [4.69, 9.17) is 16.3 Å². The molecule has 1 aromatic heterocycles. The molecule has 0 bridgehead atoms. The predicted octanol–water partition coefficient (Wildman–Crippen LogP) is 3.50. The van der Waals surface area contributed by atoms with E-state index in [1.54, 1.807) is 6.20 Å². The minimum atomic E-state index is 0.260. The summed E-state index contributed by atoms with van der Waals surface area (Å²) in [5, 5.41) is 0.260. The molecule has 0 fully saturated rings. The van der Waals surface area contributed by atoms with Crippen LogP contribution in [0.5, 0.6) is 5.75 Å². The van der Waals surface area contributed by atoms with Gasteiger partial charge in [0.05, 0.1) is 12.3 Å². The number of aryl methyl sites for hydroxylation is 1. The lowest BCUT2D eigenvalue weighted by Crippen LogP contribution is -1.94. The van der Waals surface area contributed by atoms with Crippen molar-refractivity contribution in [2.24, 2.45) is 0 Å². The molecule has 0 atom stereocenters. The Balaban J connectivity index is 2.39. The summed E-state index contributed by atoms with van der Waals surface area (Å²) in [6.07, 6.45) is 1.65. The summed E-state index contributed by atoms with van der Waals surface area (Å²) in [4.78, 5) is 8.07. The normalized spacial score (nSPS) is 10.3. The first-order valence-electron chi connectivity index (χ1n) is 5.43. The van der Waals surface area contributed by atoms with Crippen molar-refractivity contribution in [3.8, 4) is 17.0 Å². The molecule has 1 heterocycles. The highest BCUT2D eigenvalue weighted by Crippen LogP contribution is 2.25. The van der Waals surface area contributed by atoms with Gasteiger partial charge in [-0.3, -0.25) is 0 Å². The molecule has 2 rings (SSSR count). The molecule has 0 aliphatic rings. The lowest BCUT2D eigenvalue weighted by molar-refractivity contribution is 0.340. The first-order valence-corrected chi connectivity index (χ1v) is 5.81. The van der Waals surface area contributed by atoms with E-state index in [0.29, 0.717) is 6.61 Å². The molecule has 0 spiro atoms. The van der Waals surface area contributed by atoms with E-state index in [0.717, 1.165) is 22.6 Å². The van der Waals surface area contributed by atoms with Crippen LogP contribution in [-0.2, 0) is 0 Å². The molecule has 0 aliphatic heterocycles. The predicted molar refractivity (Wildman–Crippen MR) is 68.4 cm³/mol. The topological polar surface area (TPSA) is 35.0 Å². The van der Waals surface area contributed by atoms with Crippen molar-refractivity contribution in [1.82, 2.24) is 9.97 Å². The number of benzene rings is 1. The van der Waals surface area contributed by atoms with Crippen LogP contribution >= 0.6 is 11.6 Å². The first-order chi connectivity index (χ1) is 8.20. The fraction of sp³-hybridized carbons (Fsp3) is 0.231. The molecule has 0 amide bonds.